The number of hydrogen-bond donors (Lipinski definition) is 0. The van der Waals surface area contributed by atoms with Gasteiger partial charge in [0.05, 0.1) is 16.8 Å². The summed E-state index contributed by atoms with van der Waals surface area (Å²) < 4.78 is 2.55. The van der Waals surface area contributed by atoms with Crippen molar-refractivity contribution in [2.24, 2.45) is 0 Å². The number of benzene rings is 8. The second kappa shape index (κ2) is 12.7. The van der Waals surface area contributed by atoms with Gasteiger partial charge in [-0.25, -0.2) is 9.97 Å². The number of hydrogen-bond acceptors (Lipinski definition) is 4. The second-order valence-corrected chi connectivity index (χ2v) is 17.0. The van der Waals surface area contributed by atoms with Crippen LogP contribution in [0.5, 0.6) is 0 Å². The van der Waals surface area contributed by atoms with E-state index in [1.807, 2.05) is 29.2 Å². The highest BCUT2D eigenvalue weighted by molar-refractivity contribution is 7.99. The van der Waals surface area contributed by atoms with Crippen LogP contribution in [0, 0.1) is 0 Å². The molecule has 0 amide bonds. The fourth-order valence-corrected chi connectivity index (χ4v) is 11.6. The van der Waals surface area contributed by atoms with Crippen LogP contribution in [0.4, 0.5) is 0 Å². The molecule has 4 heteroatoms. The first kappa shape index (κ1) is 32.6. The van der Waals surface area contributed by atoms with Crippen LogP contribution in [0.1, 0.15) is 22.3 Å². The van der Waals surface area contributed by atoms with Crippen LogP contribution < -0.4 is 0 Å². The van der Waals surface area contributed by atoms with Crippen molar-refractivity contribution in [3.05, 3.63) is 216 Å². The topological polar surface area (TPSA) is 25.8 Å². The van der Waals surface area contributed by atoms with Gasteiger partial charge in [-0.2, -0.15) is 0 Å². The van der Waals surface area contributed by atoms with Crippen molar-refractivity contribution >= 4 is 43.3 Å². The third-order valence-corrected chi connectivity index (χ3v) is 14.1. The van der Waals surface area contributed by atoms with E-state index in [0.29, 0.717) is 5.82 Å². The molecule has 2 aliphatic rings. The third-order valence-electron chi connectivity index (χ3n) is 11.8. The Kier molecular flexibility index (Phi) is 7.28. The van der Waals surface area contributed by atoms with Crippen LogP contribution in [0.15, 0.2) is 204 Å². The van der Waals surface area contributed by atoms with Crippen LogP contribution in [0.2, 0.25) is 0 Å². The molecule has 0 saturated carbocycles. The highest BCUT2D eigenvalue weighted by Crippen LogP contribution is 2.62. The fraction of sp³-hybridized carbons (Fsp3) is 0.0189. The molecule has 8 aromatic carbocycles. The molecular formula is C53H32N2S2. The lowest BCUT2D eigenvalue weighted by Crippen LogP contribution is -2.32. The van der Waals surface area contributed by atoms with Gasteiger partial charge in [-0.3, -0.25) is 0 Å². The van der Waals surface area contributed by atoms with Gasteiger partial charge in [-0.15, -0.1) is 11.3 Å². The number of nitrogens with zero attached hydrogens (tertiary/aromatic N) is 2. The Labute approximate surface area is 339 Å². The minimum atomic E-state index is -0.441. The Morgan fingerprint density at radius 2 is 0.947 bits per heavy atom. The first-order valence-corrected chi connectivity index (χ1v) is 20.9. The largest absolute Gasteiger partial charge is 0.228 e. The molecule has 0 fully saturated rings. The van der Waals surface area contributed by atoms with Gasteiger partial charge in [0.1, 0.15) is 0 Å². The molecular weight excluding hydrogens is 729 g/mol. The zero-order valence-electron chi connectivity index (χ0n) is 30.7. The van der Waals surface area contributed by atoms with E-state index >= 15 is 0 Å². The quantitative estimate of drug-likeness (QED) is 0.179. The van der Waals surface area contributed by atoms with Gasteiger partial charge in [0.15, 0.2) is 5.82 Å². The monoisotopic (exact) mass is 760 g/mol. The molecule has 57 heavy (non-hydrogen) atoms. The standard InChI is InChI=1S/C53H32N2S2/c1-2-14-33(15-3-1)52-54-46(35-26-28-41-40-20-8-12-24-48(40)56-51(41)31-35)32-47(55-52)39-19-5-4-16-36(39)34-27-29-50-45(30-34)53(44-23-11-13-25-49(44)57-50)42-21-9-6-17-37(42)38-18-7-10-22-43(38)53/h1-32H. The molecule has 10 aromatic rings. The normalized spacial score (nSPS) is 13.3. The second-order valence-electron chi connectivity index (χ2n) is 14.8. The molecule has 1 aliphatic heterocycles. The van der Waals surface area contributed by atoms with Crippen molar-refractivity contribution < 1.29 is 0 Å². The van der Waals surface area contributed by atoms with E-state index in [-0.39, 0.29) is 0 Å². The lowest BCUT2D eigenvalue weighted by Gasteiger charge is -2.40. The van der Waals surface area contributed by atoms with Gasteiger partial charge in [0.2, 0.25) is 0 Å². The molecule has 2 nitrogen and oxygen atoms in total. The van der Waals surface area contributed by atoms with Gasteiger partial charge in [0.25, 0.3) is 0 Å². The molecule has 1 aliphatic carbocycles. The average molecular weight is 761 g/mol. The molecule has 2 aromatic heterocycles. The van der Waals surface area contributed by atoms with Crippen LogP contribution in [-0.2, 0) is 5.41 Å². The van der Waals surface area contributed by atoms with Crippen LogP contribution >= 0.6 is 23.1 Å². The Morgan fingerprint density at radius 3 is 1.75 bits per heavy atom. The Hall–Kier alpha value is -6.59. The Bertz CT molecular complexity index is 3190. The summed E-state index contributed by atoms with van der Waals surface area (Å²) in [6, 6.07) is 70.8. The molecule has 1 spiro atoms. The summed E-state index contributed by atoms with van der Waals surface area (Å²) >= 11 is 3.71. The zero-order valence-corrected chi connectivity index (χ0v) is 32.3. The minimum absolute atomic E-state index is 0.441. The van der Waals surface area contributed by atoms with Crippen molar-refractivity contribution in [1.82, 2.24) is 9.97 Å². The van der Waals surface area contributed by atoms with Gasteiger partial charge >= 0.3 is 0 Å². The van der Waals surface area contributed by atoms with E-state index in [2.05, 4.69) is 188 Å². The first-order valence-electron chi connectivity index (χ1n) is 19.3. The van der Waals surface area contributed by atoms with E-state index in [4.69, 9.17) is 9.97 Å². The predicted molar refractivity (Wildman–Crippen MR) is 238 cm³/mol. The zero-order chi connectivity index (χ0) is 37.5. The van der Waals surface area contributed by atoms with E-state index in [1.165, 1.54) is 68.9 Å². The highest BCUT2D eigenvalue weighted by Gasteiger charge is 2.50. The summed E-state index contributed by atoms with van der Waals surface area (Å²) in [6.45, 7) is 0. The van der Waals surface area contributed by atoms with Crippen molar-refractivity contribution in [2.45, 2.75) is 15.2 Å². The van der Waals surface area contributed by atoms with Gasteiger partial charge < -0.3 is 0 Å². The molecule has 3 heterocycles. The molecule has 0 bridgehead atoms. The summed E-state index contributed by atoms with van der Waals surface area (Å²) in [4.78, 5) is 13.1. The molecule has 0 saturated heterocycles. The number of thiophene rings is 1. The van der Waals surface area contributed by atoms with Crippen molar-refractivity contribution in [1.29, 1.82) is 0 Å². The lowest BCUT2D eigenvalue weighted by molar-refractivity contribution is 0.723. The molecule has 0 atom stereocenters. The van der Waals surface area contributed by atoms with Crippen molar-refractivity contribution in [3.8, 4) is 56.2 Å². The van der Waals surface area contributed by atoms with E-state index in [9.17, 15) is 0 Å². The van der Waals surface area contributed by atoms with Gasteiger partial charge in [-0.05, 0) is 80.9 Å². The van der Waals surface area contributed by atoms with E-state index < -0.39 is 5.41 Å². The predicted octanol–water partition coefficient (Wildman–Crippen LogP) is 14.3. The van der Waals surface area contributed by atoms with Gasteiger partial charge in [-0.1, -0.05) is 169 Å². The smallest absolute Gasteiger partial charge is 0.160 e. The van der Waals surface area contributed by atoms with Crippen LogP contribution in [0.25, 0.3) is 76.3 Å². The lowest BCUT2D eigenvalue weighted by atomic mass is 9.67. The fourth-order valence-electron chi connectivity index (χ4n) is 9.32. The van der Waals surface area contributed by atoms with Crippen molar-refractivity contribution in [2.75, 3.05) is 0 Å². The molecule has 0 N–H and O–H groups in total. The average Bonchev–Trinajstić information content (AvgIpc) is 3.80. The highest BCUT2D eigenvalue weighted by atomic mass is 32.2. The van der Waals surface area contributed by atoms with Crippen LogP contribution in [0.3, 0.4) is 0 Å². The summed E-state index contributed by atoms with van der Waals surface area (Å²) in [7, 11) is 0. The number of rotatable bonds is 4. The number of fused-ring (bicyclic) bond motifs is 12. The Morgan fingerprint density at radius 1 is 0.351 bits per heavy atom. The maximum absolute atomic E-state index is 5.32. The summed E-state index contributed by atoms with van der Waals surface area (Å²) in [5, 5.41) is 2.57. The van der Waals surface area contributed by atoms with Gasteiger partial charge in [0, 0.05) is 46.7 Å². The maximum atomic E-state index is 5.32. The Balaban J connectivity index is 1.07. The summed E-state index contributed by atoms with van der Waals surface area (Å²) in [5.74, 6) is 0.714. The molecule has 0 radical (unpaired) electrons. The minimum Gasteiger partial charge on any atom is -0.228 e. The summed E-state index contributed by atoms with van der Waals surface area (Å²) in [6.07, 6.45) is 0. The number of aromatic nitrogens is 2. The third kappa shape index (κ3) is 4.91. The molecule has 12 rings (SSSR count). The van der Waals surface area contributed by atoms with Crippen LogP contribution in [-0.4, -0.2) is 9.97 Å². The first-order chi connectivity index (χ1) is 28.2. The molecule has 266 valence electrons. The molecule has 0 unspecified atom stereocenters. The van der Waals surface area contributed by atoms with E-state index in [1.54, 1.807) is 0 Å². The van der Waals surface area contributed by atoms with E-state index in [0.717, 1.165) is 33.6 Å². The maximum Gasteiger partial charge on any atom is 0.160 e. The van der Waals surface area contributed by atoms with Crippen molar-refractivity contribution in [3.63, 3.8) is 0 Å². The summed E-state index contributed by atoms with van der Waals surface area (Å²) in [5.41, 5.74) is 14.8. The SMILES string of the molecule is c1ccc(-c2nc(-c3ccc4c(c3)sc3ccccc34)cc(-c3ccccc3-c3ccc4c(c3)C3(c5ccccc5S4)c4ccccc4-c4ccccc43)n2)cc1.